The maximum Gasteiger partial charge on any atom is 0.220 e. The number of allylic oxidation sites excluding steroid dienone is 2. The van der Waals surface area contributed by atoms with E-state index in [9.17, 15) is 9.18 Å². The predicted molar refractivity (Wildman–Crippen MR) is 119 cm³/mol. The number of hydrogen-bond donors (Lipinski definition) is 3. The fourth-order valence-electron chi connectivity index (χ4n) is 3.17. The van der Waals surface area contributed by atoms with Gasteiger partial charge in [0.15, 0.2) is 6.30 Å². The van der Waals surface area contributed by atoms with Gasteiger partial charge in [0, 0.05) is 41.8 Å². The van der Waals surface area contributed by atoms with E-state index in [2.05, 4.69) is 20.7 Å². The van der Waals surface area contributed by atoms with Crippen molar-refractivity contribution in [3.05, 3.63) is 33.7 Å². The Hall–Kier alpha value is -2.42. The molecule has 0 radical (unpaired) electrons. The maximum atomic E-state index is 13.2. The van der Waals surface area contributed by atoms with Crippen molar-refractivity contribution in [3.8, 4) is 0 Å². The zero-order valence-electron chi connectivity index (χ0n) is 17.3. The number of carbonyl (C=O) groups is 1. The number of nitrogens with one attached hydrogen (secondary N) is 3. The summed E-state index contributed by atoms with van der Waals surface area (Å²) >= 11 is 1.59. The smallest absolute Gasteiger partial charge is 0.220 e. The Kier molecular flexibility index (Phi) is 8.63. The molecule has 158 valence electrons. The van der Waals surface area contributed by atoms with Crippen LogP contribution in [-0.4, -0.2) is 54.0 Å². The average molecular weight is 421 g/mol. The van der Waals surface area contributed by atoms with Gasteiger partial charge in [-0.05, 0) is 26.2 Å². The van der Waals surface area contributed by atoms with E-state index >= 15 is 0 Å². The number of hydrazone groups is 1. The molecule has 0 bridgehead atoms. The molecule has 1 saturated heterocycles. The summed E-state index contributed by atoms with van der Waals surface area (Å²) in [6.45, 7) is 8.04. The summed E-state index contributed by atoms with van der Waals surface area (Å²) in [5.41, 5.74) is 4.46. The highest BCUT2D eigenvalue weighted by Gasteiger charge is 2.36. The van der Waals surface area contributed by atoms with E-state index in [1.54, 1.807) is 11.8 Å². The molecule has 1 fully saturated rings. The summed E-state index contributed by atoms with van der Waals surface area (Å²) < 4.78 is 13.2. The van der Waals surface area contributed by atoms with Crippen LogP contribution in [0.15, 0.2) is 43.8 Å². The number of rotatable bonds is 9. The first-order chi connectivity index (χ1) is 13.9. The molecule has 0 aromatic rings. The number of aliphatic imine (C=N–C) groups is 1. The number of alkyl halides is 1. The number of carbonyl (C=O) groups excluding carboxylic acids is 1. The molecule has 3 N–H and O–H groups in total. The Morgan fingerprint density at radius 3 is 2.86 bits per heavy atom. The highest BCUT2D eigenvalue weighted by atomic mass is 32.2. The second-order valence-corrected chi connectivity index (χ2v) is 7.57. The van der Waals surface area contributed by atoms with Gasteiger partial charge in [-0.3, -0.25) is 15.2 Å². The summed E-state index contributed by atoms with van der Waals surface area (Å²) in [6, 6.07) is -0.0550. The van der Waals surface area contributed by atoms with E-state index in [1.165, 1.54) is 6.92 Å². The Bertz CT molecular complexity index is 784. The van der Waals surface area contributed by atoms with Crippen molar-refractivity contribution in [2.45, 2.75) is 52.9 Å². The number of hydrogen-bond acceptors (Lipinski definition) is 7. The van der Waals surface area contributed by atoms with E-state index in [0.29, 0.717) is 31.6 Å². The Morgan fingerprint density at radius 1 is 1.52 bits per heavy atom. The quantitative estimate of drug-likeness (QED) is 0.303. The largest absolute Gasteiger partial charge is 0.351 e. The van der Waals surface area contributed by atoms with Gasteiger partial charge in [-0.2, -0.15) is 5.10 Å². The first-order valence-electron chi connectivity index (χ1n) is 9.71. The van der Waals surface area contributed by atoms with Crippen LogP contribution in [0.2, 0.25) is 0 Å². The third kappa shape index (κ3) is 5.79. The predicted octanol–water partition coefficient (Wildman–Crippen LogP) is 3.33. The van der Waals surface area contributed by atoms with Crippen LogP contribution in [0, 0.1) is 5.41 Å². The van der Waals surface area contributed by atoms with E-state index in [0.717, 1.165) is 28.2 Å². The minimum atomic E-state index is -1.32. The first-order valence-corrected chi connectivity index (χ1v) is 10.6. The van der Waals surface area contributed by atoms with Gasteiger partial charge in [-0.1, -0.05) is 30.8 Å². The molecule has 29 heavy (non-hydrogen) atoms. The highest BCUT2D eigenvalue weighted by molar-refractivity contribution is 8.06. The van der Waals surface area contributed by atoms with Crippen LogP contribution in [0.4, 0.5) is 4.39 Å². The van der Waals surface area contributed by atoms with Crippen LogP contribution in [-0.2, 0) is 4.79 Å². The average Bonchev–Trinajstić information content (AvgIpc) is 3.13. The van der Waals surface area contributed by atoms with Crippen molar-refractivity contribution < 1.29 is 9.18 Å². The van der Waals surface area contributed by atoms with Gasteiger partial charge in [-0.25, -0.2) is 4.39 Å². The minimum absolute atomic E-state index is 0.00102. The molecule has 2 aliphatic rings. The molecule has 0 aromatic heterocycles. The van der Waals surface area contributed by atoms with Gasteiger partial charge in [0.25, 0.3) is 0 Å². The van der Waals surface area contributed by atoms with E-state index in [-0.39, 0.29) is 11.9 Å². The molecule has 0 saturated carbocycles. The molecule has 2 heterocycles. The van der Waals surface area contributed by atoms with Crippen LogP contribution in [0.5, 0.6) is 0 Å². The Balaban J connectivity index is 2.41. The molecule has 0 spiro atoms. The minimum Gasteiger partial charge on any atom is -0.351 e. The molecule has 2 rings (SSSR count). The number of amidine groups is 1. The van der Waals surface area contributed by atoms with Crippen LogP contribution in [0.25, 0.3) is 0 Å². The van der Waals surface area contributed by atoms with Crippen molar-refractivity contribution in [3.63, 3.8) is 0 Å². The molecular weight excluding hydrogens is 391 g/mol. The fraction of sp³-hybridized carbons (Fsp3) is 0.500. The maximum absolute atomic E-state index is 13.2. The molecule has 0 aliphatic carbocycles. The lowest BCUT2D eigenvalue weighted by atomic mass is 10.0. The summed E-state index contributed by atoms with van der Waals surface area (Å²) in [7, 11) is 0. The fourth-order valence-corrected chi connectivity index (χ4v) is 3.87. The van der Waals surface area contributed by atoms with Crippen molar-refractivity contribution >= 4 is 35.4 Å². The second kappa shape index (κ2) is 10.9. The molecular formula is C20H29FN6OS. The van der Waals surface area contributed by atoms with E-state index in [4.69, 9.17) is 10.4 Å². The summed E-state index contributed by atoms with van der Waals surface area (Å²) in [4.78, 5) is 19.8. The molecule has 2 unspecified atom stereocenters. The topological polar surface area (TPSA) is 92.9 Å². The monoisotopic (exact) mass is 420 g/mol. The van der Waals surface area contributed by atoms with E-state index < -0.39 is 6.30 Å². The third-order valence-electron chi connectivity index (χ3n) is 4.47. The van der Waals surface area contributed by atoms with Crippen molar-refractivity contribution in [1.82, 2.24) is 15.6 Å². The van der Waals surface area contributed by atoms with Crippen LogP contribution in [0.3, 0.4) is 0 Å². The van der Waals surface area contributed by atoms with Crippen LogP contribution >= 0.6 is 11.8 Å². The summed E-state index contributed by atoms with van der Waals surface area (Å²) in [6.07, 6.45) is 4.82. The summed E-state index contributed by atoms with van der Waals surface area (Å²) in [5, 5.41) is 16.8. The third-order valence-corrected chi connectivity index (χ3v) is 5.55. The second-order valence-electron chi connectivity index (χ2n) is 6.62. The van der Waals surface area contributed by atoms with Crippen LogP contribution in [0.1, 0.15) is 40.5 Å². The lowest BCUT2D eigenvalue weighted by Crippen LogP contribution is -2.39. The summed E-state index contributed by atoms with van der Waals surface area (Å²) in [5.74, 6) is 0.845. The molecule has 0 aromatic carbocycles. The van der Waals surface area contributed by atoms with Gasteiger partial charge < -0.3 is 15.6 Å². The van der Waals surface area contributed by atoms with Gasteiger partial charge in [0.1, 0.15) is 11.5 Å². The van der Waals surface area contributed by atoms with Crippen molar-refractivity contribution in [2.75, 3.05) is 13.1 Å². The lowest BCUT2D eigenvalue weighted by Gasteiger charge is -2.29. The first kappa shape index (κ1) is 22.9. The number of amides is 1. The lowest BCUT2D eigenvalue weighted by molar-refractivity contribution is -0.121. The SMILES string of the molecule is C/C=C\S/C(=C/C)C1=NCC(/C(C=N)=N/NC(C)F)=C2CC(NC(=O)CC)CN12. The zero-order valence-corrected chi connectivity index (χ0v) is 18.1. The van der Waals surface area contributed by atoms with Gasteiger partial charge in [0.2, 0.25) is 5.91 Å². The number of fused-ring (bicyclic) bond motifs is 1. The normalized spacial score (nSPS) is 21.2. The van der Waals surface area contributed by atoms with Gasteiger partial charge in [0.05, 0.1) is 12.6 Å². The molecule has 2 atom stereocenters. The molecule has 1 amide bonds. The van der Waals surface area contributed by atoms with Crippen molar-refractivity contribution in [1.29, 1.82) is 5.41 Å². The van der Waals surface area contributed by atoms with Gasteiger partial charge in [-0.15, -0.1) is 0 Å². The van der Waals surface area contributed by atoms with Crippen molar-refractivity contribution in [2.24, 2.45) is 10.1 Å². The number of thioether (sulfide) groups is 1. The Labute approximate surface area is 175 Å². The molecule has 7 nitrogen and oxygen atoms in total. The highest BCUT2D eigenvalue weighted by Crippen LogP contribution is 2.34. The van der Waals surface area contributed by atoms with Gasteiger partial charge >= 0.3 is 0 Å². The Morgan fingerprint density at radius 2 is 2.28 bits per heavy atom. The number of halogens is 1. The van der Waals surface area contributed by atoms with E-state index in [1.807, 2.05) is 38.3 Å². The molecule has 9 heteroatoms. The number of nitrogens with zero attached hydrogens (tertiary/aromatic N) is 3. The molecule has 2 aliphatic heterocycles. The standard InChI is InChI=1S/C20H29FN6OS/c1-5-8-29-18(6-2)20-23-11-15(16(10-22)26-25-13(4)21)17-9-14(12-27(17)20)24-19(28)7-3/h5-6,8,10,13-14,22,25H,7,9,11-12H2,1-4H3,(H,24,28)/b8-5-,18-6+,22-10?,26-16+. The zero-order chi connectivity index (χ0) is 21.4. The van der Waals surface area contributed by atoms with Crippen LogP contribution < -0.4 is 10.7 Å².